The van der Waals surface area contributed by atoms with Crippen LogP contribution in [-0.4, -0.2) is 27.5 Å². The minimum atomic E-state index is -0.381. The molecule has 3 N–H and O–H groups in total. The first-order chi connectivity index (χ1) is 10.4. The average molecular weight is 300 g/mol. The van der Waals surface area contributed by atoms with E-state index in [1.807, 2.05) is 42.0 Å². The molecule has 0 aliphatic carbocycles. The molecule has 1 aromatic carbocycles. The van der Waals surface area contributed by atoms with Gasteiger partial charge in [-0.25, -0.2) is 4.98 Å². The van der Waals surface area contributed by atoms with Gasteiger partial charge in [-0.2, -0.15) is 0 Å². The average Bonchev–Trinajstić information content (AvgIpc) is 3.00. The van der Waals surface area contributed by atoms with E-state index in [1.165, 1.54) is 0 Å². The standard InChI is InChI=1S/C17H24N4O/c1-13(2)10-17(3,11-18)20-16(22)14-4-6-15(7-5-14)21-9-8-19-12-21/h4-9,12-13H,10-11,18H2,1-3H3,(H,20,22). The summed E-state index contributed by atoms with van der Waals surface area (Å²) in [7, 11) is 0. The van der Waals surface area contributed by atoms with Gasteiger partial charge < -0.3 is 15.6 Å². The fraction of sp³-hybridized carbons (Fsp3) is 0.412. The topological polar surface area (TPSA) is 72.9 Å². The van der Waals surface area contributed by atoms with Gasteiger partial charge >= 0.3 is 0 Å². The minimum absolute atomic E-state index is 0.0919. The number of nitrogens with one attached hydrogen (secondary N) is 1. The van der Waals surface area contributed by atoms with Crippen LogP contribution in [0.15, 0.2) is 43.0 Å². The van der Waals surface area contributed by atoms with Crippen LogP contribution in [0, 0.1) is 5.92 Å². The Morgan fingerprint density at radius 1 is 1.36 bits per heavy atom. The van der Waals surface area contributed by atoms with E-state index in [-0.39, 0.29) is 11.4 Å². The maximum atomic E-state index is 12.4. The van der Waals surface area contributed by atoms with Gasteiger partial charge in [0.05, 0.1) is 6.33 Å². The van der Waals surface area contributed by atoms with Crippen molar-refractivity contribution in [3.05, 3.63) is 48.5 Å². The van der Waals surface area contributed by atoms with Crippen LogP contribution in [0.5, 0.6) is 0 Å². The predicted molar refractivity (Wildman–Crippen MR) is 87.9 cm³/mol. The molecule has 0 bridgehead atoms. The monoisotopic (exact) mass is 300 g/mol. The number of nitrogens with zero attached hydrogens (tertiary/aromatic N) is 2. The largest absolute Gasteiger partial charge is 0.346 e. The molecule has 2 rings (SSSR count). The molecule has 1 unspecified atom stereocenters. The summed E-state index contributed by atoms with van der Waals surface area (Å²) in [5, 5.41) is 3.06. The molecule has 0 aliphatic heterocycles. The molecule has 22 heavy (non-hydrogen) atoms. The molecule has 0 saturated carbocycles. The molecule has 118 valence electrons. The first-order valence-electron chi connectivity index (χ1n) is 7.54. The van der Waals surface area contributed by atoms with Gasteiger partial charge in [0, 0.05) is 35.7 Å². The maximum absolute atomic E-state index is 12.4. The Morgan fingerprint density at radius 2 is 2.05 bits per heavy atom. The SMILES string of the molecule is CC(C)CC(C)(CN)NC(=O)c1ccc(-n2ccnc2)cc1. The molecule has 1 aromatic heterocycles. The van der Waals surface area contributed by atoms with Gasteiger partial charge in [-0.3, -0.25) is 4.79 Å². The second-order valence-electron chi connectivity index (χ2n) is 6.33. The molecule has 5 heteroatoms. The van der Waals surface area contributed by atoms with E-state index in [9.17, 15) is 4.79 Å². The van der Waals surface area contributed by atoms with Gasteiger partial charge in [-0.15, -0.1) is 0 Å². The fourth-order valence-corrected chi connectivity index (χ4v) is 2.63. The lowest BCUT2D eigenvalue weighted by molar-refractivity contribution is 0.0898. The van der Waals surface area contributed by atoms with E-state index in [1.54, 1.807) is 12.5 Å². The van der Waals surface area contributed by atoms with Crippen molar-refractivity contribution < 1.29 is 4.79 Å². The smallest absolute Gasteiger partial charge is 0.251 e. The Balaban J connectivity index is 2.09. The van der Waals surface area contributed by atoms with E-state index in [2.05, 4.69) is 24.1 Å². The van der Waals surface area contributed by atoms with Crippen LogP contribution in [0.3, 0.4) is 0 Å². The zero-order valence-electron chi connectivity index (χ0n) is 13.4. The Labute approximate surface area is 131 Å². The summed E-state index contributed by atoms with van der Waals surface area (Å²) in [6, 6.07) is 7.44. The molecular formula is C17H24N4O. The van der Waals surface area contributed by atoms with E-state index in [4.69, 9.17) is 5.73 Å². The lowest BCUT2D eigenvalue weighted by Gasteiger charge is -2.31. The van der Waals surface area contributed by atoms with Crippen molar-refractivity contribution in [1.29, 1.82) is 0 Å². The number of carbonyl (C=O) groups is 1. The number of hydrogen-bond donors (Lipinski definition) is 2. The summed E-state index contributed by atoms with van der Waals surface area (Å²) in [6.45, 7) is 6.66. The summed E-state index contributed by atoms with van der Waals surface area (Å²) < 4.78 is 1.89. The van der Waals surface area contributed by atoms with Crippen LogP contribution in [0.2, 0.25) is 0 Å². The molecule has 2 aromatic rings. The van der Waals surface area contributed by atoms with Gasteiger partial charge in [0.15, 0.2) is 0 Å². The van der Waals surface area contributed by atoms with E-state index in [0.717, 1.165) is 12.1 Å². The number of carbonyl (C=O) groups excluding carboxylic acids is 1. The van der Waals surface area contributed by atoms with Crippen molar-refractivity contribution in [2.45, 2.75) is 32.7 Å². The highest BCUT2D eigenvalue weighted by molar-refractivity contribution is 5.94. The van der Waals surface area contributed by atoms with Crippen LogP contribution in [-0.2, 0) is 0 Å². The second-order valence-corrected chi connectivity index (χ2v) is 6.33. The molecule has 1 atom stereocenters. The Kier molecular flexibility index (Phi) is 4.98. The number of amides is 1. The Hall–Kier alpha value is -2.14. The van der Waals surface area contributed by atoms with Crippen LogP contribution in [0.25, 0.3) is 5.69 Å². The lowest BCUT2D eigenvalue weighted by Crippen LogP contribution is -2.52. The molecule has 1 heterocycles. The number of benzene rings is 1. The number of nitrogens with two attached hydrogens (primary N) is 1. The summed E-state index contributed by atoms with van der Waals surface area (Å²) in [4.78, 5) is 16.4. The Morgan fingerprint density at radius 3 is 2.55 bits per heavy atom. The van der Waals surface area contributed by atoms with Crippen LogP contribution in [0.1, 0.15) is 37.6 Å². The van der Waals surface area contributed by atoms with Crippen molar-refractivity contribution in [2.24, 2.45) is 11.7 Å². The summed E-state index contributed by atoms with van der Waals surface area (Å²) >= 11 is 0. The van der Waals surface area contributed by atoms with E-state index >= 15 is 0 Å². The second kappa shape index (κ2) is 6.75. The third-order valence-corrected chi connectivity index (χ3v) is 3.66. The number of rotatable bonds is 6. The number of hydrogen-bond acceptors (Lipinski definition) is 3. The van der Waals surface area contributed by atoms with Gasteiger partial charge in [-0.1, -0.05) is 13.8 Å². The number of imidazole rings is 1. The maximum Gasteiger partial charge on any atom is 0.251 e. The quantitative estimate of drug-likeness (QED) is 0.860. The molecule has 0 saturated heterocycles. The molecule has 5 nitrogen and oxygen atoms in total. The highest BCUT2D eigenvalue weighted by atomic mass is 16.1. The Bertz CT molecular complexity index is 604. The van der Waals surface area contributed by atoms with Gasteiger partial charge in [0.1, 0.15) is 0 Å². The normalized spacial score (nSPS) is 13.9. The van der Waals surface area contributed by atoms with Gasteiger partial charge in [0.25, 0.3) is 5.91 Å². The summed E-state index contributed by atoms with van der Waals surface area (Å²) in [6.07, 6.45) is 6.16. The van der Waals surface area contributed by atoms with E-state index in [0.29, 0.717) is 18.0 Å². The first kappa shape index (κ1) is 16.2. The van der Waals surface area contributed by atoms with Crippen LogP contribution in [0.4, 0.5) is 0 Å². The van der Waals surface area contributed by atoms with Crippen molar-refractivity contribution in [2.75, 3.05) is 6.54 Å². The van der Waals surface area contributed by atoms with Crippen molar-refractivity contribution in [1.82, 2.24) is 14.9 Å². The highest BCUT2D eigenvalue weighted by Crippen LogP contribution is 2.17. The third kappa shape index (κ3) is 3.95. The molecule has 0 radical (unpaired) electrons. The summed E-state index contributed by atoms with van der Waals surface area (Å²) in [5.74, 6) is 0.378. The molecule has 0 aliphatic rings. The number of aromatic nitrogens is 2. The first-order valence-corrected chi connectivity index (χ1v) is 7.54. The van der Waals surface area contributed by atoms with E-state index < -0.39 is 0 Å². The van der Waals surface area contributed by atoms with Crippen LogP contribution < -0.4 is 11.1 Å². The van der Waals surface area contributed by atoms with Gasteiger partial charge in [-0.05, 0) is 43.5 Å². The van der Waals surface area contributed by atoms with Crippen molar-refractivity contribution in [3.8, 4) is 5.69 Å². The highest BCUT2D eigenvalue weighted by Gasteiger charge is 2.26. The third-order valence-electron chi connectivity index (χ3n) is 3.66. The lowest BCUT2D eigenvalue weighted by atomic mass is 9.90. The van der Waals surface area contributed by atoms with Gasteiger partial charge in [0.2, 0.25) is 0 Å². The zero-order chi connectivity index (χ0) is 16.2. The van der Waals surface area contributed by atoms with Crippen LogP contribution >= 0.6 is 0 Å². The molecular weight excluding hydrogens is 276 g/mol. The predicted octanol–water partition coefficient (Wildman–Crippen LogP) is 2.37. The summed E-state index contributed by atoms with van der Waals surface area (Å²) in [5.41, 5.74) is 7.07. The fourth-order valence-electron chi connectivity index (χ4n) is 2.63. The van der Waals surface area contributed by atoms with Crippen molar-refractivity contribution in [3.63, 3.8) is 0 Å². The minimum Gasteiger partial charge on any atom is -0.346 e. The molecule has 0 spiro atoms. The zero-order valence-corrected chi connectivity index (χ0v) is 13.4. The molecule has 1 amide bonds. The van der Waals surface area contributed by atoms with Crippen molar-refractivity contribution >= 4 is 5.91 Å². The molecule has 0 fully saturated rings.